The van der Waals surface area contributed by atoms with E-state index in [4.69, 9.17) is 9.47 Å². The molecule has 7 heteroatoms. The van der Waals surface area contributed by atoms with Crippen LogP contribution in [-0.4, -0.2) is 41.2 Å². The van der Waals surface area contributed by atoms with Gasteiger partial charge in [-0.25, -0.2) is 4.98 Å². The highest BCUT2D eigenvalue weighted by molar-refractivity contribution is 9.10. The van der Waals surface area contributed by atoms with Gasteiger partial charge in [0.05, 0.1) is 23.9 Å². The quantitative estimate of drug-likeness (QED) is 0.926. The number of halogens is 1. The summed E-state index contributed by atoms with van der Waals surface area (Å²) >= 11 is 3.43. The Labute approximate surface area is 124 Å². The Morgan fingerprint density at radius 2 is 2.50 bits per heavy atom. The molecule has 1 saturated heterocycles. The van der Waals surface area contributed by atoms with Gasteiger partial charge >= 0.3 is 0 Å². The van der Waals surface area contributed by atoms with E-state index < -0.39 is 5.60 Å². The predicted molar refractivity (Wildman–Crippen MR) is 76.7 cm³/mol. The third-order valence-electron chi connectivity index (χ3n) is 3.52. The van der Waals surface area contributed by atoms with Gasteiger partial charge in [-0.1, -0.05) is 0 Å². The lowest BCUT2D eigenvalue weighted by Crippen LogP contribution is -2.45. The molecule has 1 aliphatic rings. The number of methoxy groups -OCH3 is 1. The second-order valence-corrected chi connectivity index (χ2v) is 5.50. The minimum Gasteiger partial charge on any atom is -0.378 e. The number of pyridine rings is 1. The molecule has 1 aliphatic heterocycles. The summed E-state index contributed by atoms with van der Waals surface area (Å²) in [5.41, 5.74) is -0.159. The van der Waals surface area contributed by atoms with Gasteiger partial charge in [0, 0.05) is 19.7 Å². The average molecular weight is 340 g/mol. The second kappa shape index (κ2) is 5.16. The van der Waals surface area contributed by atoms with Crippen LogP contribution in [0, 0.1) is 0 Å². The fourth-order valence-corrected chi connectivity index (χ4v) is 2.72. The maximum Gasteiger partial charge on any atom is 0.260 e. The van der Waals surface area contributed by atoms with Crippen molar-refractivity contribution in [1.29, 1.82) is 0 Å². The van der Waals surface area contributed by atoms with Gasteiger partial charge in [0.1, 0.15) is 5.82 Å². The number of hydrogen-bond donors (Lipinski definition) is 1. The van der Waals surface area contributed by atoms with E-state index in [2.05, 4.69) is 26.2 Å². The van der Waals surface area contributed by atoms with Crippen molar-refractivity contribution in [2.24, 2.45) is 0 Å². The third-order valence-corrected chi connectivity index (χ3v) is 4.14. The van der Waals surface area contributed by atoms with E-state index in [-0.39, 0.29) is 12.5 Å². The molecule has 6 nitrogen and oxygen atoms in total. The van der Waals surface area contributed by atoms with Crippen LogP contribution in [0.5, 0.6) is 0 Å². The highest BCUT2D eigenvalue weighted by Gasteiger charge is 2.42. The lowest BCUT2D eigenvalue weighted by molar-refractivity contribution is -0.137. The average Bonchev–Trinajstić information content (AvgIpc) is 3.07. The fourth-order valence-electron chi connectivity index (χ4n) is 2.28. The van der Waals surface area contributed by atoms with Gasteiger partial charge in [-0.05, 0) is 28.1 Å². The van der Waals surface area contributed by atoms with Crippen molar-refractivity contribution < 1.29 is 14.3 Å². The first kappa shape index (κ1) is 13.5. The molecule has 0 aliphatic carbocycles. The molecule has 3 rings (SSSR count). The first-order valence-corrected chi connectivity index (χ1v) is 7.01. The van der Waals surface area contributed by atoms with Gasteiger partial charge in [-0.15, -0.1) is 0 Å². The molecule has 20 heavy (non-hydrogen) atoms. The van der Waals surface area contributed by atoms with E-state index in [0.717, 1.165) is 10.1 Å². The molecule has 0 radical (unpaired) electrons. The van der Waals surface area contributed by atoms with Crippen molar-refractivity contribution in [2.75, 3.05) is 25.6 Å². The number of fused-ring (bicyclic) bond motifs is 1. The number of hydrogen-bond acceptors (Lipinski definition) is 4. The maximum absolute atomic E-state index is 12.4. The highest BCUT2D eigenvalue weighted by atomic mass is 79.9. The Morgan fingerprint density at radius 1 is 1.65 bits per heavy atom. The lowest BCUT2D eigenvalue weighted by atomic mass is 10.0. The number of carbonyl (C=O) groups is 1. The van der Waals surface area contributed by atoms with E-state index >= 15 is 0 Å². The van der Waals surface area contributed by atoms with Gasteiger partial charge in [-0.2, -0.15) is 0 Å². The zero-order valence-corrected chi connectivity index (χ0v) is 12.5. The topological polar surface area (TPSA) is 64.9 Å². The van der Waals surface area contributed by atoms with E-state index in [9.17, 15) is 4.79 Å². The molecule has 2 aromatic heterocycles. The minimum absolute atomic E-state index is 0.209. The van der Waals surface area contributed by atoms with E-state index in [1.165, 1.54) is 7.11 Å². The Morgan fingerprint density at radius 3 is 3.20 bits per heavy atom. The van der Waals surface area contributed by atoms with Crippen molar-refractivity contribution >= 4 is 33.3 Å². The SMILES string of the molecule is CO[C@@]1(C(=O)Nc2cnc3c(Br)cccn23)CCOC1. The number of rotatable bonds is 3. The molecule has 1 N–H and O–H groups in total. The van der Waals surface area contributed by atoms with Crippen LogP contribution in [0.15, 0.2) is 29.0 Å². The first-order chi connectivity index (χ1) is 9.66. The van der Waals surface area contributed by atoms with Crippen LogP contribution in [0.25, 0.3) is 5.65 Å². The van der Waals surface area contributed by atoms with Crippen LogP contribution in [-0.2, 0) is 14.3 Å². The minimum atomic E-state index is -0.907. The number of nitrogens with one attached hydrogen (secondary N) is 1. The number of aromatic nitrogens is 2. The van der Waals surface area contributed by atoms with Crippen molar-refractivity contribution in [3.63, 3.8) is 0 Å². The smallest absolute Gasteiger partial charge is 0.260 e. The molecule has 0 aromatic carbocycles. The molecule has 1 fully saturated rings. The third kappa shape index (κ3) is 2.11. The van der Waals surface area contributed by atoms with Crippen molar-refractivity contribution in [1.82, 2.24) is 9.38 Å². The van der Waals surface area contributed by atoms with Crippen LogP contribution in [0.4, 0.5) is 5.82 Å². The Balaban J connectivity index is 1.90. The van der Waals surface area contributed by atoms with Crippen LogP contribution >= 0.6 is 15.9 Å². The summed E-state index contributed by atoms with van der Waals surface area (Å²) in [7, 11) is 1.53. The Bertz CT molecular complexity index is 649. The summed E-state index contributed by atoms with van der Waals surface area (Å²) in [6, 6.07) is 3.77. The van der Waals surface area contributed by atoms with Crippen molar-refractivity contribution in [2.45, 2.75) is 12.0 Å². The summed E-state index contributed by atoms with van der Waals surface area (Å²) in [6.07, 6.45) is 4.01. The summed E-state index contributed by atoms with van der Waals surface area (Å²) in [5, 5.41) is 2.86. The van der Waals surface area contributed by atoms with E-state index in [1.807, 2.05) is 18.3 Å². The van der Waals surface area contributed by atoms with Gasteiger partial charge in [0.25, 0.3) is 5.91 Å². The molecule has 106 valence electrons. The molecule has 0 bridgehead atoms. The summed E-state index contributed by atoms with van der Waals surface area (Å²) < 4.78 is 13.3. The molecule has 1 amide bonds. The molecule has 0 spiro atoms. The van der Waals surface area contributed by atoms with Crippen molar-refractivity contribution in [3.05, 3.63) is 29.0 Å². The predicted octanol–water partition coefficient (Wildman–Crippen LogP) is 1.84. The lowest BCUT2D eigenvalue weighted by Gasteiger charge is -2.24. The van der Waals surface area contributed by atoms with Crippen molar-refractivity contribution in [3.8, 4) is 0 Å². The van der Waals surface area contributed by atoms with Gasteiger partial charge < -0.3 is 14.8 Å². The molecule has 0 saturated carbocycles. The molecule has 0 unspecified atom stereocenters. The normalized spacial score (nSPS) is 22.3. The maximum atomic E-state index is 12.4. The molecule has 1 atom stereocenters. The number of anilines is 1. The largest absolute Gasteiger partial charge is 0.378 e. The second-order valence-electron chi connectivity index (χ2n) is 4.65. The van der Waals surface area contributed by atoms with E-state index in [1.54, 1.807) is 10.6 Å². The Hall–Kier alpha value is -1.44. The van der Waals surface area contributed by atoms with Gasteiger partial charge in [0.15, 0.2) is 11.2 Å². The monoisotopic (exact) mass is 339 g/mol. The van der Waals surface area contributed by atoms with E-state index in [0.29, 0.717) is 18.8 Å². The zero-order chi connectivity index (χ0) is 14.2. The molecule has 3 heterocycles. The van der Waals surface area contributed by atoms with Crippen LogP contribution in [0.3, 0.4) is 0 Å². The molecular weight excluding hydrogens is 326 g/mol. The fraction of sp³-hybridized carbons (Fsp3) is 0.385. The number of imidazole rings is 1. The summed E-state index contributed by atoms with van der Waals surface area (Å²) in [4.78, 5) is 16.7. The number of carbonyl (C=O) groups excluding carboxylic acids is 1. The Kier molecular flexibility index (Phi) is 3.49. The van der Waals surface area contributed by atoms with Crippen LogP contribution in [0.1, 0.15) is 6.42 Å². The zero-order valence-electron chi connectivity index (χ0n) is 10.9. The van der Waals surface area contributed by atoms with Gasteiger partial charge in [0.2, 0.25) is 0 Å². The number of ether oxygens (including phenoxy) is 2. The first-order valence-electron chi connectivity index (χ1n) is 6.22. The number of nitrogens with zero attached hydrogens (tertiary/aromatic N) is 2. The summed E-state index contributed by atoms with van der Waals surface area (Å²) in [5.74, 6) is 0.397. The molecular formula is C13H14BrN3O3. The molecule has 2 aromatic rings. The highest BCUT2D eigenvalue weighted by Crippen LogP contribution is 2.26. The number of amides is 1. The van der Waals surface area contributed by atoms with Crippen LogP contribution < -0.4 is 5.32 Å². The summed E-state index contributed by atoms with van der Waals surface area (Å²) in [6.45, 7) is 0.801. The van der Waals surface area contributed by atoms with Crippen LogP contribution in [0.2, 0.25) is 0 Å². The van der Waals surface area contributed by atoms with Gasteiger partial charge in [-0.3, -0.25) is 9.20 Å². The standard InChI is InChI=1S/C13H14BrN3O3/c1-19-13(4-6-20-8-13)12(18)16-10-7-15-11-9(14)3-2-5-17(10)11/h2-3,5,7H,4,6,8H2,1H3,(H,16,18)/t13-/m0/s1.